The van der Waals surface area contributed by atoms with Crippen molar-refractivity contribution in [3.8, 4) is 0 Å². The van der Waals surface area contributed by atoms with Crippen LogP contribution in [-0.4, -0.2) is 87.6 Å². The van der Waals surface area contributed by atoms with Gasteiger partial charge in [-0.3, -0.25) is 20.0 Å². The van der Waals surface area contributed by atoms with Gasteiger partial charge in [-0.1, -0.05) is 161 Å². The molecule has 0 amide bonds. The van der Waals surface area contributed by atoms with Gasteiger partial charge in [-0.2, -0.15) is 0 Å². The fraction of sp³-hybridized carbons (Fsp3) is 0.366. The molecule has 16 rings (SSSR count). The molecule has 4 spiro atoms. The largest absolute Gasteiger partial charge is 0.343 e. The van der Waals surface area contributed by atoms with Crippen LogP contribution in [0.2, 0.25) is 25.1 Å². The van der Waals surface area contributed by atoms with Crippen LogP contribution in [0.5, 0.6) is 0 Å². The highest BCUT2D eigenvalue weighted by Crippen LogP contribution is 2.47. The van der Waals surface area contributed by atoms with E-state index < -0.39 is 23.3 Å². The van der Waals surface area contributed by atoms with Crippen LogP contribution in [0.25, 0.3) is 0 Å². The van der Waals surface area contributed by atoms with E-state index in [-0.39, 0.29) is 21.7 Å². The van der Waals surface area contributed by atoms with Gasteiger partial charge in [0, 0.05) is 61.6 Å². The molecule has 103 heavy (non-hydrogen) atoms. The smallest absolute Gasteiger partial charge is 0.160 e. The van der Waals surface area contributed by atoms with E-state index in [1.165, 1.54) is 46.5 Å². The lowest BCUT2D eigenvalue weighted by molar-refractivity contribution is 0.178. The minimum absolute atomic E-state index is 0.0296. The third-order valence-electron chi connectivity index (χ3n) is 21.7. The summed E-state index contributed by atoms with van der Waals surface area (Å²) in [4.78, 5) is 22.0. The summed E-state index contributed by atoms with van der Waals surface area (Å²) < 4.78 is 54.8. The zero-order valence-electron chi connectivity index (χ0n) is 58.1. The summed E-state index contributed by atoms with van der Waals surface area (Å²) in [6.07, 6.45) is 11.4. The number of hydrogen-bond donors (Lipinski definition) is 7. The molecule has 0 radical (unpaired) electrons. The quantitative estimate of drug-likeness (QED) is 0.0748. The molecular weight excluding hydrogens is 1410 g/mol. The van der Waals surface area contributed by atoms with Crippen LogP contribution in [0.3, 0.4) is 0 Å². The summed E-state index contributed by atoms with van der Waals surface area (Å²) >= 11 is 31.0. The number of likely N-dealkylation sites (tertiary alicyclic amines) is 1. The van der Waals surface area contributed by atoms with Gasteiger partial charge in [0.1, 0.15) is 23.3 Å². The predicted octanol–water partition coefficient (Wildman–Crippen LogP) is 19.0. The SMILES string of the molecule is CN1CCC2(CC1)Cc1cc(F)c(F)cc1NC2=NCc1ccccc1.Cc1cccc(CN=C2Nc3cc(Cl)c(Cl)cc3CC23CCNCC3)c1.Clc1ccc(CN=C2Nc3cc(Cl)c(Cl)cc3CC23CCNCC3)cc1.Fc1cc2c(cc1F)NC(=NCc1ccccc1)C1(CCNCC1)C2. The Labute approximate surface area is 627 Å². The molecule has 0 bridgehead atoms. The number of fused-ring (bicyclic) bond motifs is 4. The molecule has 8 aliphatic heterocycles. The third kappa shape index (κ3) is 17.6. The van der Waals surface area contributed by atoms with Crippen LogP contribution in [-0.2, 0) is 51.9 Å². The second-order valence-corrected chi connectivity index (χ2v) is 30.9. The first-order valence-corrected chi connectivity index (χ1v) is 37.6. The van der Waals surface area contributed by atoms with Crippen LogP contribution in [0, 0.1) is 51.9 Å². The highest BCUT2D eigenvalue weighted by molar-refractivity contribution is 6.43. The summed E-state index contributed by atoms with van der Waals surface area (Å²) in [5.41, 5.74) is 13.2. The first kappa shape index (κ1) is 73.9. The molecule has 8 aromatic rings. The average Bonchev–Trinajstić information content (AvgIpc) is 0.778. The van der Waals surface area contributed by atoms with Crippen molar-refractivity contribution in [2.75, 3.05) is 80.7 Å². The van der Waals surface area contributed by atoms with E-state index in [0.29, 0.717) is 70.5 Å². The molecule has 0 unspecified atom stereocenters. The monoisotopic (exact) mass is 1490 g/mol. The summed E-state index contributed by atoms with van der Waals surface area (Å²) in [5, 5.41) is 27.2. The molecular formula is C82H87Cl5F4N12. The van der Waals surface area contributed by atoms with Gasteiger partial charge in [-0.05, 0) is 236 Å². The lowest BCUT2D eigenvalue weighted by atomic mass is 9.70. The lowest BCUT2D eigenvalue weighted by Crippen LogP contribution is -2.49. The van der Waals surface area contributed by atoms with Gasteiger partial charge < -0.3 is 42.1 Å². The van der Waals surface area contributed by atoms with E-state index in [1.807, 2.05) is 97.1 Å². The van der Waals surface area contributed by atoms with E-state index >= 15 is 0 Å². The van der Waals surface area contributed by atoms with E-state index in [4.69, 9.17) is 78.0 Å². The Morgan fingerprint density at radius 3 is 1.04 bits per heavy atom. The third-order valence-corrected chi connectivity index (χ3v) is 23.4. The Hall–Kier alpha value is -7.35. The maximum atomic E-state index is 13.7. The van der Waals surface area contributed by atoms with Gasteiger partial charge in [-0.25, -0.2) is 17.6 Å². The topological polar surface area (TPSA) is 137 Å². The van der Waals surface area contributed by atoms with Crippen molar-refractivity contribution in [1.29, 1.82) is 0 Å². The van der Waals surface area contributed by atoms with E-state index in [9.17, 15) is 17.6 Å². The zero-order chi connectivity index (χ0) is 71.7. The summed E-state index contributed by atoms with van der Waals surface area (Å²) in [5.74, 6) is 0.746. The number of piperidine rings is 4. The van der Waals surface area contributed by atoms with E-state index in [0.717, 1.165) is 184 Å². The summed E-state index contributed by atoms with van der Waals surface area (Å²) in [6, 6.07) is 49.6. The van der Waals surface area contributed by atoms with Crippen molar-refractivity contribution in [2.24, 2.45) is 41.6 Å². The molecule has 4 saturated heterocycles. The fourth-order valence-corrected chi connectivity index (χ4v) is 16.6. The second-order valence-electron chi connectivity index (χ2n) is 28.8. The van der Waals surface area contributed by atoms with Gasteiger partial charge >= 0.3 is 0 Å². The number of hydrogen-bond acceptors (Lipinski definition) is 8. The van der Waals surface area contributed by atoms with Crippen LogP contribution in [0.15, 0.2) is 178 Å². The Kier molecular flexibility index (Phi) is 23.7. The maximum Gasteiger partial charge on any atom is 0.160 e. The molecule has 538 valence electrons. The Morgan fingerprint density at radius 2 is 0.660 bits per heavy atom. The van der Waals surface area contributed by atoms with Crippen LogP contribution in [0.4, 0.5) is 40.3 Å². The Bertz CT molecular complexity index is 4450. The molecule has 8 heterocycles. The van der Waals surface area contributed by atoms with E-state index in [2.05, 4.69) is 92.5 Å². The fourth-order valence-electron chi connectivity index (χ4n) is 15.7. The number of halogens is 9. The average molecular weight is 1490 g/mol. The van der Waals surface area contributed by atoms with Crippen molar-refractivity contribution in [1.82, 2.24) is 20.9 Å². The van der Waals surface area contributed by atoms with Gasteiger partial charge in [0.05, 0.1) is 46.3 Å². The predicted molar refractivity (Wildman–Crippen MR) is 418 cm³/mol. The number of nitrogens with zero attached hydrogens (tertiary/aromatic N) is 5. The van der Waals surface area contributed by atoms with Crippen molar-refractivity contribution in [2.45, 2.75) is 110 Å². The highest BCUT2D eigenvalue weighted by atomic mass is 35.5. The first-order chi connectivity index (χ1) is 49.8. The molecule has 4 fully saturated rings. The van der Waals surface area contributed by atoms with Crippen molar-refractivity contribution in [3.63, 3.8) is 0 Å². The molecule has 0 atom stereocenters. The molecule has 7 N–H and O–H groups in total. The molecule has 8 aromatic carbocycles. The zero-order valence-corrected chi connectivity index (χ0v) is 61.9. The highest BCUT2D eigenvalue weighted by Gasteiger charge is 2.46. The first-order valence-electron chi connectivity index (χ1n) is 35.7. The summed E-state index contributed by atoms with van der Waals surface area (Å²) in [7, 11) is 2.12. The molecule has 0 saturated carbocycles. The van der Waals surface area contributed by atoms with Crippen molar-refractivity contribution in [3.05, 3.63) is 256 Å². The number of rotatable bonds is 8. The Morgan fingerprint density at radius 1 is 0.350 bits per heavy atom. The second kappa shape index (κ2) is 33.0. The van der Waals surface area contributed by atoms with Gasteiger partial charge in [-0.15, -0.1) is 0 Å². The minimum atomic E-state index is -0.824. The number of nitrogens with one attached hydrogen (secondary N) is 7. The number of benzene rings is 8. The molecule has 21 heteroatoms. The van der Waals surface area contributed by atoms with E-state index in [1.54, 1.807) is 0 Å². The summed E-state index contributed by atoms with van der Waals surface area (Å²) in [6.45, 7) is 12.4. The van der Waals surface area contributed by atoms with Gasteiger partial charge in [0.2, 0.25) is 0 Å². The number of anilines is 4. The van der Waals surface area contributed by atoms with Crippen LogP contribution in [0.1, 0.15) is 101 Å². The lowest BCUT2D eigenvalue weighted by Gasteiger charge is -2.45. The van der Waals surface area contributed by atoms with Crippen molar-refractivity contribution < 1.29 is 17.6 Å². The van der Waals surface area contributed by atoms with Gasteiger partial charge in [0.15, 0.2) is 23.3 Å². The maximum absolute atomic E-state index is 13.7. The molecule has 0 aliphatic carbocycles. The standard InChI is InChI=1S/C21H23Cl2N3.C21H23F2N3.C20H20Cl3N3.C20H21F2N3/c1-14-3-2-4-15(9-14)13-25-20-21(5-7-24-8-6-21)12-16-10-17(22)18(23)11-19(16)26-20;1-26-9-7-21(8-10-26)13-16-11-17(22)18(23)12-19(16)25-20(21)24-14-15-5-3-2-4-6-15;21-15-3-1-13(2-4-15)12-25-19-20(5-7-24-8-6-20)11-14-9-16(22)17(23)10-18(14)26-19;21-16-10-15-12-20(6-8-23-9-7-20)19(25-18(15)11-17(16)22)24-13-14-4-2-1-3-5-14/h2-4,9-11,24H,5-8,12-13H2,1H3,(H,25,26);2-6,11-12H,7-10,13-14H2,1H3,(H,24,25);1-4,9-10,24H,5-8,11-12H2,(H,25,26);1-5,10-11,23H,6-9,12-13H2,(H,24,25). The molecule has 0 aromatic heterocycles. The number of aliphatic imine (C=N–C) groups is 4. The minimum Gasteiger partial charge on any atom is -0.343 e. The molecule has 12 nitrogen and oxygen atoms in total. The van der Waals surface area contributed by atoms with Gasteiger partial charge in [0.25, 0.3) is 0 Å². The van der Waals surface area contributed by atoms with Crippen LogP contribution >= 0.6 is 58.0 Å². The Balaban J connectivity index is 0.000000122. The molecule has 8 aliphatic rings. The normalized spacial score (nSPS) is 20.3. The van der Waals surface area contributed by atoms with Crippen LogP contribution < -0.4 is 37.2 Å². The number of amidine groups is 4. The van der Waals surface area contributed by atoms with Crippen molar-refractivity contribution >= 4 is 104 Å². The number of aryl methyl sites for hydroxylation is 1.